The number of hydrogen-bond acceptors (Lipinski definition) is 3. The van der Waals surface area contributed by atoms with Crippen LogP contribution in [0.5, 0.6) is 11.5 Å². The van der Waals surface area contributed by atoms with E-state index < -0.39 is 0 Å². The second-order valence-electron chi connectivity index (χ2n) is 4.77. The van der Waals surface area contributed by atoms with E-state index in [1.54, 1.807) is 6.07 Å². The number of phenolic OH excluding ortho intramolecular Hbond substituents is 1. The summed E-state index contributed by atoms with van der Waals surface area (Å²) >= 11 is 0. The molecular formula is C17H21NO2. The summed E-state index contributed by atoms with van der Waals surface area (Å²) in [6.07, 6.45) is 0.976. The first kappa shape index (κ1) is 14.3. The summed E-state index contributed by atoms with van der Waals surface area (Å²) in [6.45, 7) is 4.80. The van der Waals surface area contributed by atoms with Crippen molar-refractivity contribution in [3.8, 4) is 11.5 Å². The normalized spacial score (nSPS) is 11.9. The van der Waals surface area contributed by atoms with Crippen LogP contribution in [-0.4, -0.2) is 11.7 Å². The summed E-state index contributed by atoms with van der Waals surface area (Å²) in [4.78, 5) is 0. The summed E-state index contributed by atoms with van der Waals surface area (Å²) in [6, 6.07) is 15.2. The molecule has 2 aromatic rings. The van der Waals surface area contributed by atoms with Gasteiger partial charge < -0.3 is 15.2 Å². The number of para-hydroxylation sites is 3. The van der Waals surface area contributed by atoms with E-state index in [0.29, 0.717) is 12.4 Å². The summed E-state index contributed by atoms with van der Waals surface area (Å²) in [7, 11) is 0. The average molecular weight is 271 g/mol. The molecule has 0 aromatic heterocycles. The molecule has 1 atom stereocenters. The lowest BCUT2D eigenvalue weighted by atomic mass is 10.1. The Morgan fingerprint density at radius 2 is 1.80 bits per heavy atom. The largest absolute Gasteiger partial charge is 0.508 e. The summed E-state index contributed by atoms with van der Waals surface area (Å²) in [5, 5.41) is 13.3. The van der Waals surface area contributed by atoms with Crippen LogP contribution in [0.2, 0.25) is 0 Å². The lowest BCUT2D eigenvalue weighted by Gasteiger charge is -2.19. The molecule has 0 aliphatic rings. The molecule has 20 heavy (non-hydrogen) atoms. The molecule has 2 aromatic carbocycles. The molecule has 0 bridgehead atoms. The highest BCUT2D eigenvalue weighted by atomic mass is 16.5. The van der Waals surface area contributed by atoms with Gasteiger partial charge in [-0.2, -0.15) is 0 Å². The maximum atomic E-state index is 9.90. The molecule has 0 saturated heterocycles. The summed E-state index contributed by atoms with van der Waals surface area (Å²) in [5.74, 6) is 1.15. The first-order valence-electron chi connectivity index (χ1n) is 6.98. The minimum Gasteiger partial charge on any atom is -0.508 e. The van der Waals surface area contributed by atoms with Crippen LogP contribution < -0.4 is 10.1 Å². The van der Waals surface area contributed by atoms with Gasteiger partial charge in [-0.15, -0.1) is 0 Å². The van der Waals surface area contributed by atoms with Crippen molar-refractivity contribution in [2.75, 3.05) is 11.9 Å². The van der Waals surface area contributed by atoms with Gasteiger partial charge >= 0.3 is 0 Å². The highest BCUT2D eigenvalue weighted by Crippen LogP contribution is 2.31. The molecular weight excluding hydrogens is 250 g/mol. The van der Waals surface area contributed by atoms with Crippen molar-refractivity contribution in [3.05, 3.63) is 54.1 Å². The van der Waals surface area contributed by atoms with Gasteiger partial charge in [0.2, 0.25) is 0 Å². The molecule has 0 spiro atoms. The maximum absolute atomic E-state index is 9.90. The van der Waals surface area contributed by atoms with Crippen LogP contribution in [-0.2, 0) is 0 Å². The third-order valence-electron chi connectivity index (χ3n) is 3.12. The summed E-state index contributed by atoms with van der Waals surface area (Å²) in [5.41, 5.74) is 1.81. The van der Waals surface area contributed by atoms with Crippen LogP contribution in [0.4, 0.5) is 5.69 Å². The van der Waals surface area contributed by atoms with E-state index in [2.05, 4.69) is 12.2 Å². The number of ether oxygens (including phenoxy) is 1. The minimum absolute atomic E-state index is 0.00239. The molecule has 0 saturated carbocycles. The Kier molecular flexibility index (Phi) is 4.88. The van der Waals surface area contributed by atoms with Crippen molar-refractivity contribution in [2.24, 2.45) is 0 Å². The second kappa shape index (κ2) is 6.85. The van der Waals surface area contributed by atoms with Gasteiger partial charge in [0.15, 0.2) is 0 Å². The number of phenols is 1. The van der Waals surface area contributed by atoms with Crippen molar-refractivity contribution >= 4 is 5.69 Å². The quantitative estimate of drug-likeness (QED) is 0.820. The fourth-order valence-electron chi connectivity index (χ4n) is 2.09. The zero-order valence-electron chi connectivity index (χ0n) is 12.0. The van der Waals surface area contributed by atoms with E-state index in [1.165, 1.54) is 0 Å². The van der Waals surface area contributed by atoms with Crippen LogP contribution >= 0.6 is 0 Å². The number of rotatable bonds is 6. The molecule has 2 N–H and O–H groups in total. The van der Waals surface area contributed by atoms with E-state index in [4.69, 9.17) is 4.74 Å². The van der Waals surface area contributed by atoms with Crippen LogP contribution in [0.3, 0.4) is 0 Å². The third-order valence-corrected chi connectivity index (χ3v) is 3.12. The Hall–Kier alpha value is -2.16. The van der Waals surface area contributed by atoms with E-state index in [9.17, 15) is 5.11 Å². The summed E-state index contributed by atoms with van der Waals surface area (Å²) < 4.78 is 5.73. The molecule has 0 radical (unpaired) electrons. The number of hydrogen-bond donors (Lipinski definition) is 2. The van der Waals surface area contributed by atoms with Gasteiger partial charge in [0.1, 0.15) is 11.5 Å². The topological polar surface area (TPSA) is 41.5 Å². The predicted molar refractivity (Wildman–Crippen MR) is 82.4 cm³/mol. The Morgan fingerprint density at radius 1 is 1.10 bits per heavy atom. The molecule has 3 heteroatoms. The molecule has 0 amide bonds. The van der Waals surface area contributed by atoms with Crippen molar-refractivity contribution in [1.82, 2.24) is 0 Å². The fourth-order valence-corrected chi connectivity index (χ4v) is 2.09. The van der Waals surface area contributed by atoms with Gasteiger partial charge in [0.05, 0.1) is 18.3 Å². The zero-order valence-corrected chi connectivity index (χ0v) is 12.0. The smallest absolute Gasteiger partial charge is 0.142 e. The van der Waals surface area contributed by atoms with E-state index in [0.717, 1.165) is 23.4 Å². The average Bonchev–Trinajstić information content (AvgIpc) is 2.46. The van der Waals surface area contributed by atoms with Crippen LogP contribution in [0.1, 0.15) is 31.9 Å². The van der Waals surface area contributed by atoms with Gasteiger partial charge in [0.25, 0.3) is 0 Å². The number of anilines is 1. The molecule has 0 heterocycles. The fraction of sp³-hybridized carbons (Fsp3) is 0.294. The first-order chi connectivity index (χ1) is 9.72. The van der Waals surface area contributed by atoms with Gasteiger partial charge in [-0.1, -0.05) is 37.3 Å². The highest BCUT2D eigenvalue weighted by Gasteiger charge is 2.11. The van der Waals surface area contributed by atoms with Crippen LogP contribution in [0.15, 0.2) is 48.5 Å². The Morgan fingerprint density at radius 3 is 2.55 bits per heavy atom. The van der Waals surface area contributed by atoms with Crippen molar-refractivity contribution in [3.63, 3.8) is 0 Å². The Balaban J connectivity index is 2.15. The van der Waals surface area contributed by atoms with Gasteiger partial charge in [-0.25, -0.2) is 0 Å². The molecule has 0 aliphatic heterocycles. The lowest BCUT2D eigenvalue weighted by molar-refractivity contribution is 0.318. The van der Waals surface area contributed by atoms with Gasteiger partial charge in [0, 0.05) is 5.56 Å². The lowest BCUT2D eigenvalue weighted by Crippen LogP contribution is -2.08. The standard InChI is InChI=1S/C17H21NO2/c1-3-12-20-17-11-7-5-9-15(17)18-13(2)14-8-4-6-10-16(14)19/h4-11,13,18-19H,3,12H2,1-2H3. The maximum Gasteiger partial charge on any atom is 0.142 e. The Labute approximate surface area is 120 Å². The van der Waals surface area contributed by atoms with Gasteiger partial charge in [-0.05, 0) is 31.5 Å². The van der Waals surface area contributed by atoms with Crippen LogP contribution in [0.25, 0.3) is 0 Å². The second-order valence-corrected chi connectivity index (χ2v) is 4.77. The van der Waals surface area contributed by atoms with E-state index in [1.807, 2.05) is 49.4 Å². The number of aromatic hydroxyl groups is 1. The third kappa shape index (κ3) is 3.44. The molecule has 1 unspecified atom stereocenters. The molecule has 106 valence electrons. The SMILES string of the molecule is CCCOc1ccccc1NC(C)c1ccccc1O. The molecule has 3 nitrogen and oxygen atoms in total. The predicted octanol–water partition coefficient (Wildman–Crippen LogP) is 4.35. The number of benzene rings is 2. The first-order valence-corrected chi connectivity index (χ1v) is 6.98. The monoisotopic (exact) mass is 271 g/mol. The van der Waals surface area contributed by atoms with Crippen LogP contribution in [0, 0.1) is 0 Å². The minimum atomic E-state index is 0.00239. The number of nitrogens with one attached hydrogen (secondary N) is 1. The van der Waals surface area contributed by atoms with Gasteiger partial charge in [-0.3, -0.25) is 0 Å². The van der Waals surface area contributed by atoms with Crippen molar-refractivity contribution in [1.29, 1.82) is 0 Å². The molecule has 0 fully saturated rings. The zero-order chi connectivity index (χ0) is 14.4. The Bertz CT molecular complexity index is 554. The molecule has 0 aliphatic carbocycles. The molecule has 2 rings (SSSR count). The van der Waals surface area contributed by atoms with E-state index in [-0.39, 0.29) is 6.04 Å². The highest BCUT2D eigenvalue weighted by molar-refractivity contribution is 5.57. The van der Waals surface area contributed by atoms with Crippen molar-refractivity contribution < 1.29 is 9.84 Å². The van der Waals surface area contributed by atoms with Crippen molar-refractivity contribution in [2.45, 2.75) is 26.3 Å². The van der Waals surface area contributed by atoms with E-state index >= 15 is 0 Å².